The highest BCUT2D eigenvalue weighted by atomic mass is 79.9. The molecule has 0 saturated heterocycles. The molecule has 2 N–H and O–H groups in total. The largest absolute Gasteiger partial charge is 0.366 e. The number of rotatable bonds is 2. The van der Waals surface area contributed by atoms with Crippen LogP contribution in [0.3, 0.4) is 0 Å². The molecule has 1 aromatic carbocycles. The van der Waals surface area contributed by atoms with Gasteiger partial charge in [0.25, 0.3) is 0 Å². The summed E-state index contributed by atoms with van der Waals surface area (Å²) in [5.41, 5.74) is 6.55. The topological polar surface area (TPSA) is 56.7 Å². The molecule has 2 rings (SSSR count). The molecule has 1 heterocycles. The predicted octanol–water partition coefficient (Wildman–Crippen LogP) is 2.32. The third-order valence-corrected chi connectivity index (χ3v) is 2.73. The second-order valence-corrected chi connectivity index (χ2v) is 4.17. The molecule has 0 unspecified atom stereocenters. The highest BCUT2D eigenvalue weighted by Crippen LogP contribution is 2.13. The predicted molar refractivity (Wildman–Crippen MR) is 62.7 cm³/mol. The minimum atomic E-state index is 0.260. The summed E-state index contributed by atoms with van der Waals surface area (Å²) in [6.45, 7) is 0.613. The summed E-state index contributed by atoms with van der Waals surface area (Å²) in [6.07, 6.45) is 0. The molecule has 78 valence electrons. The van der Waals surface area contributed by atoms with Gasteiger partial charge >= 0.3 is 0 Å². The van der Waals surface area contributed by atoms with Gasteiger partial charge in [0.2, 0.25) is 5.95 Å². The lowest BCUT2D eigenvalue weighted by Gasteiger charge is -2.02. The van der Waals surface area contributed by atoms with Gasteiger partial charge in [-0.2, -0.15) is 4.98 Å². The molecule has 1 aromatic heterocycles. The van der Waals surface area contributed by atoms with Crippen molar-refractivity contribution in [3.63, 3.8) is 0 Å². The number of aromatic nitrogens is 3. The number of nitrogens with zero attached hydrogens (tertiary/aromatic N) is 3. The van der Waals surface area contributed by atoms with E-state index < -0.39 is 0 Å². The summed E-state index contributed by atoms with van der Waals surface area (Å²) < 4.78 is 2.30. The van der Waals surface area contributed by atoms with E-state index in [9.17, 15) is 0 Å². The monoisotopic (exact) mass is 286 g/mol. The van der Waals surface area contributed by atoms with Crippen molar-refractivity contribution in [3.8, 4) is 0 Å². The van der Waals surface area contributed by atoms with Crippen molar-refractivity contribution in [2.45, 2.75) is 6.54 Å². The zero-order chi connectivity index (χ0) is 10.8. The zero-order valence-corrected chi connectivity index (χ0v) is 10.0. The lowest BCUT2D eigenvalue weighted by Crippen LogP contribution is -2.02. The van der Waals surface area contributed by atoms with Gasteiger partial charge in [0.1, 0.15) is 0 Å². The number of halogens is 2. The lowest BCUT2D eigenvalue weighted by atomic mass is 10.2. The number of hydrogen-bond donors (Lipinski definition) is 1. The molecule has 0 aliphatic heterocycles. The van der Waals surface area contributed by atoms with Crippen LogP contribution in [0, 0.1) is 0 Å². The fourth-order valence-corrected chi connectivity index (χ4v) is 1.72. The molecule has 0 aliphatic carbocycles. The molecule has 15 heavy (non-hydrogen) atoms. The maximum Gasteiger partial charge on any atom is 0.240 e. The average Bonchev–Trinajstić information content (AvgIpc) is 2.49. The summed E-state index contributed by atoms with van der Waals surface area (Å²) >= 11 is 9.06. The molecular weight excluding hydrogens is 279 g/mol. The molecule has 0 radical (unpaired) electrons. The van der Waals surface area contributed by atoms with Crippen LogP contribution in [0.5, 0.6) is 0 Å². The number of benzene rings is 1. The van der Waals surface area contributed by atoms with Crippen molar-refractivity contribution < 1.29 is 0 Å². The standard InChI is InChI=1S/C9H8BrClN4/c10-8-13-9(12)14-15(8)5-6-1-3-7(11)4-2-6/h1-4H,5H2,(H2,12,14). The van der Waals surface area contributed by atoms with E-state index in [0.717, 1.165) is 10.6 Å². The smallest absolute Gasteiger partial charge is 0.240 e. The van der Waals surface area contributed by atoms with E-state index in [-0.39, 0.29) is 5.95 Å². The van der Waals surface area contributed by atoms with E-state index in [4.69, 9.17) is 17.3 Å². The van der Waals surface area contributed by atoms with Gasteiger partial charge in [0.05, 0.1) is 6.54 Å². The maximum absolute atomic E-state index is 5.79. The Kier molecular flexibility index (Phi) is 2.93. The molecule has 0 saturated carbocycles. The van der Waals surface area contributed by atoms with E-state index in [1.165, 1.54) is 0 Å². The Morgan fingerprint density at radius 3 is 2.53 bits per heavy atom. The summed E-state index contributed by atoms with van der Waals surface area (Å²) in [5.74, 6) is 0.260. The van der Waals surface area contributed by atoms with E-state index in [2.05, 4.69) is 26.0 Å². The van der Waals surface area contributed by atoms with Crippen LogP contribution >= 0.6 is 27.5 Å². The van der Waals surface area contributed by atoms with Gasteiger partial charge in [-0.3, -0.25) is 0 Å². The Morgan fingerprint density at radius 1 is 1.33 bits per heavy atom. The van der Waals surface area contributed by atoms with E-state index in [1.54, 1.807) is 4.68 Å². The molecule has 0 aliphatic rings. The van der Waals surface area contributed by atoms with Crippen molar-refractivity contribution in [2.75, 3.05) is 5.73 Å². The van der Waals surface area contributed by atoms with Crippen molar-refractivity contribution >= 4 is 33.5 Å². The van der Waals surface area contributed by atoms with Gasteiger partial charge in [-0.1, -0.05) is 23.7 Å². The van der Waals surface area contributed by atoms with Crippen molar-refractivity contribution in [2.24, 2.45) is 0 Å². The average molecular weight is 288 g/mol. The van der Waals surface area contributed by atoms with Crippen LogP contribution in [0.2, 0.25) is 5.02 Å². The molecular formula is C9H8BrClN4. The van der Waals surface area contributed by atoms with Crippen molar-refractivity contribution in [1.82, 2.24) is 14.8 Å². The van der Waals surface area contributed by atoms with Crippen molar-refractivity contribution in [3.05, 3.63) is 39.6 Å². The van der Waals surface area contributed by atoms with Crippen LogP contribution in [0.15, 0.2) is 29.0 Å². The molecule has 0 bridgehead atoms. The Labute approximate surface area is 100 Å². The van der Waals surface area contributed by atoms with Gasteiger partial charge in [-0.15, -0.1) is 5.10 Å². The molecule has 2 aromatic rings. The van der Waals surface area contributed by atoms with Gasteiger partial charge < -0.3 is 5.73 Å². The normalized spacial score (nSPS) is 10.5. The summed E-state index contributed by atoms with van der Waals surface area (Å²) in [5, 5.41) is 4.75. The van der Waals surface area contributed by atoms with Crippen molar-refractivity contribution in [1.29, 1.82) is 0 Å². The fourth-order valence-electron chi connectivity index (χ4n) is 1.20. The van der Waals surface area contributed by atoms with Crippen LogP contribution in [-0.2, 0) is 6.54 Å². The molecule has 0 atom stereocenters. The van der Waals surface area contributed by atoms with Gasteiger partial charge in [-0.05, 0) is 33.6 Å². The minimum absolute atomic E-state index is 0.260. The first-order valence-corrected chi connectivity index (χ1v) is 5.42. The first-order valence-electron chi connectivity index (χ1n) is 4.25. The number of hydrogen-bond acceptors (Lipinski definition) is 3. The van der Waals surface area contributed by atoms with Gasteiger partial charge in [0, 0.05) is 5.02 Å². The highest BCUT2D eigenvalue weighted by Gasteiger charge is 2.04. The van der Waals surface area contributed by atoms with Gasteiger partial charge in [-0.25, -0.2) is 4.68 Å². The first-order chi connectivity index (χ1) is 7.15. The first kappa shape index (κ1) is 10.4. The van der Waals surface area contributed by atoms with E-state index in [0.29, 0.717) is 11.3 Å². The van der Waals surface area contributed by atoms with Crippen LogP contribution in [0.4, 0.5) is 5.95 Å². The third kappa shape index (κ3) is 2.49. The fraction of sp³-hybridized carbons (Fsp3) is 0.111. The summed E-state index contributed by atoms with van der Waals surface area (Å²) in [7, 11) is 0. The van der Waals surface area contributed by atoms with E-state index >= 15 is 0 Å². The molecule has 0 spiro atoms. The highest BCUT2D eigenvalue weighted by molar-refractivity contribution is 9.10. The van der Waals surface area contributed by atoms with Crippen LogP contribution in [0.25, 0.3) is 0 Å². The van der Waals surface area contributed by atoms with E-state index in [1.807, 2.05) is 24.3 Å². The second-order valence-electron chi connectivity index (χ2n) is 3.02. The summed E-state index contributed by atoms with van der Waals surface area (Å²) in [4.78, 5) is 3.95. The van der Waals surface area contributed by atoms with Crippen LogP contribution in [0.1, 0.15) is 5.56 Å². The maximum atomic E-state index is 5.79. The SMILES string of the molecule is Nc1nc(Br)n(Cc2ccc(Cl)cc2)n1. The Hall–Kier alpha value is -1.07. The number of nitrogens with two attached hydrogens (primary N) is 1. The van der Waals surface area contributed by atoms with Gasteiger partial charge in [0.15, 0.2) is 4.73 Å². The molecule has 6 heteroatoms. The Bertz CT molecular complexity index is 465. The Morgan fingerprint density at radius 2 is 2.00 bits per heavy atom. The summed E-state index contributed by atoms with van der Waals surface area (Å²) in [6, 6.07) is 7.55. The number of nitrogen functional groups attached to an aromatic ring is 1. The minimum Gasteiger partial charge on any atom is -0.366 e. The third-order valence-electron chi connectivity index (χ3n) is 1.89. The quantitative estimate of drug-likeness (QED) is 0.922. The molecule has 4 nitrogen and oxygen atoms in total. The second kappa shape index (κ2) is 4.20. The zero-order valence-electron chi connectivity index (χ0n) is 7.69. The van der Waals surface area contributed by atoms with Crippen LogP contribution in [-0.4, -0.2) is 14.8 Å². The lowest BCUT2D eigenvalue weighted by molar-refractivity contribution is 0.670. The van der Waals surface area contributed by atoms with Crippen LogP contribution < -0.4 is 5.73 Å². The Balaban J connectivity index is 2.21. The molecule has 0 fully saturated rings. The molecule has 0 amide bonds. The number of anilines is 1.